The van der Waals surface area contributed by atoms with Crippen LogP contribution in [0.1, 0.15) is 44.5 Å². The Labute approximate surface area is 432 Å². The lowest BCUT2D eigenvalue weighted by Crippen LogP contribution is -2.46. The second-order valence-electron chi connectivity index (χ2n) is 20.5. The molecule has 0 spiro atoms. The monoisotopic (exact) mass is 978 g/mol. The molecule has 6 nitrogen and oxygen atoms in total. The molecule has 0 atom stereocenters. The summed E-state index contributed by atoms with van der Waals surface area (Å²) in [5.41, 5.74) is 17.6. The lowest BCUT2D eigenvalue weighted by molar-refractivity contribution is 0.461. The Bertz CT molecular complexity index is 4090. The molecule has 0 N–H and O–H groups in total. The van der Waals surface area contributed by atoms with Gasteiger partial charge < -0.3 is 28.6 Å². The predicted molar refractivity (Wildman–Crippen MR) is 297 cm³/mol. The van der Waals surface area contributed by atoms with Crippen molar-refractivity contribution in [2.45, 2.75) is 10.8 Å². The van der Waals surface area contributed by atoms with Gasteiger partial charge in [-0.25, -0.2) is 0 Å². The summed E-state index contributed by atoms with van der Waals surface area (Å²) in [7, 11) is -3.73. The molecule has 11 aromatic carbocycles. The first kappa shape index (κ1) is 40.2. The Hall–Kier alpha value is -9.35. The van der Waals surface area contributed by atoms with Gasteiger partial charge in [-0.1, -0.05) is 176 Å². The van der Waals surface area contributed by atoms with Crippen LogP contribution in [-0.2, 0) is 15.4 Å². The standard InChI is InChI=1S/C68H39N2O4P/c71-75-64-52-30-17-31-53(64)70-55-39-51-47(45-27-14-16-29-49(45)68(51,42-22-9-3-10-23-42)43-24-11-4-12-25-43)37-61(55)73-57-33-35-59(66(75)63(57)70)74-58-34-32-56-62(65(58)75)69(52)54-38-50-46(36-60(54)72-56)44-26-13-15-28-48(44)67(50,40-18-5-1-6-19-40)41-20-7-2-8-21-41/h1-39H. The zero-order valence-electron chi connectivity index (χ0n) is 40.0. The molecule has 0 fully saturated rings. The van der Waals surface area contributed by atoms with Gasteiger partial charge in [0.2, 0.25) is 0 Å². The van der Waals surface area contributed by atoms with Crippen molar-refractivity contribution in [1.82, 2.24) is 0 Å². The van der Waals surface area contributed by atoms with Gasteiger partial charge in [0.15, 0.2) is 30.1 Å². The fraction of sp³-hybridized carbons (Fsp3) is 0.0294. The first-order chi connectivity index (χ1) is 37.1. The van der Waals surface area contributed by atoms with Crippen molar-refractivity contribution < 1.29 is 18.8 Å². The number of hydrogen-bond donors (Lipinski definition) is 0. The van der Waals surface area contributed by atoms with Crippen molar-refractivity contribution in [3.05, 3.63) is 281 Å². The summed E-state index contributed by atoms with van der Waals surface area (Å²) in [6.45, 7) is 0. The van der Waals surface area contributed by atoms with Gasteiger partial charge >= 0.3 is 0 Å². The van der Waals surface area contributed by atoms with Crippen LogP contribution in [0.4, 0.5) is 34.1 Å². The van der Waals surface area contributed by atoms with Crippen LogP contribution in [0.25, 0.3) is 22.3 Å². The average molecular weight is 979 g/mol. The molecular weight excluding hydrogens is 940 g/mol. The molecule has 0 radical (unpaired) electrons. The highest BCUT2D eigenvalue weighted by atomic mass is 31.2. The number of nitrogens with zero attached hydrogens (tertiary/aromatic N) is 2. The molecule has 0 aromatic heterocycles. The number of hydrogen-bond acceptors (Lipinski definition) is 6. The summed E-state index contributed by atoms with van der Waals surface area (Å²) in [4.78, 5) is 4.65. The van der Waals surface area contributed by atoms with Gasteiger partial charge in [-0.15, -0.1) is 0 Å². The minimum absolute atomic E-state index is 0.565. The van der Waals surface area contributed by atoms with Crippen molar-refractivity contribution in [1.29, 1.82) is 0 Å². The molecule has 7 aliphatic rings. The highest BCUT2D eigenvalue weighted by Crippen LogP contribution is 2.72. The minimum Gasteiger partial charge on any atom is -0.456 e. The normalized spacial score (nSPS) is 16.1. The Morgan fingerprint density at radius 3 is 1.07 bits per heavy atom. The van der Waals surface area contributed by atoms with E-state index in [9.17, 15) is 0 Å². The van der Waals surface area contributed by atoms with Crippen LogP contribution in [-0.4, -0.2) is 0 Å². The van der Waals surface area contributed by atoms with E-state index in [0.717, 1.165) is 73.2 Å². The molecule has 18 rings (SSSR count). The first-order valence-corrected chi connectivity index (χ1v) is 27.3. The molecule has 350 valence electrons. The zero-order valence-corrected chi connectivity index (χ0v) is 40.9. The van der Waals surface area contributed by atoms with Crippen LogP contribution >= 0.6 is 7.14 Å². The number of ether oxygens (including phenoxy) is 3. The largest absolute Gasteiger partial charge is 0.456 e. The van der Waals surface area contributed by atoms with Crippen molar-refractivity contribution in [2.75, 3.05) is 9.80 Å². The van der Waals surface area contributed by atoms with Crippen LogP contribution in [0, 0.1) is 0 Å². The molecule has 0 unspecified atom stereocenters. The smallest absolute Gasteiger partial charge is 0.186 e. The van der Waals surface area contributed by atoms with Gasteiger partial charge in [-0.3, -0.25) is 0 Å². The Balaban J connectivity index is 0.919. The highest BCUT2D eigenvalue weighted by Gasteiger charge is 2.58. The zero-order chi connectivity index (χ0) is 48.9. The lowest BCUT2D eigenvalue weighted by atomic mass is 9.67. The second kappa shape index (κ2) is 13.8. The Kier molecular flexibility index (Phi) is 7.40. The Morgan fingerprint density at radius 1 is 0.293 bits per heavy atom. The fourth-order valence-electron chi connectivity index (χ4n) is 14.5. The third-order valence-electron chi connectivity index (χ3n) is 17.2. The van der Waals surface area contributed by atoms with Crippen molar-refractivity contribution in [2.24, 2.45) is 0 Å². The van der Waals surface area contributed by atoms with Crippen LogP contribution in [0.2, 0.25) is 0 Å². The molecule has 75 heavy (non-hydrogen) atoms. The van der Waals surface area contributed by atoms with E-state index in [1.165, 1.54) is 44.5 Å². The average Bonchev–Trinajstić information content (AvgIpc) is 4.02. The molecular formula is C68H39N2O4P. The Morgan fingerprint density at radius 2 is 0.653 bits per heavy atom. The maximum absolute atomic E-state index is 17.5. The van der Waals surface area contributed by atoms with Crippen molar-refractivity contribution >= 4 is 57.2 Å². The van der Waals surface area contributed by atoms with E-state index < -0.39 is 18.0 Å². The second-order valence-corrected chi connectivity index (χ2v) is 23.1. The molecule has 5 aliphatic heterocycles. The van der Waals surface area contributed by atoms with Gasteiger partial charge in [0, 0.05) is 0 Å². The molecule has 7 heteroatoms. The lowest BCUT2D eigenvalue weighted by Gasteiger charge is -2.49. The summed E-state index contributed by atoms with van der Waals surface area (Å²) in [5.74, 6) is 3.84. The van der Waals surface area contributed by atoms with Crippen molar-refractivity contribution in [3.8, 4) is 56.8 Å². The fourth-order valence-corrected chi connectivity index (χ4v) is 18.1. The third-order valence-corrected chi connectivity index (χ3v) is 20.5. The molecule has 0 saturated heterocycles. The number of anilines is 6. The van der Waals surface area contributed by atoms with E-state index in [1.54, 1.807) is 0 Å². The summed E-state index contributed by atoms with van der Waals surface area (Å²) in [5, 5.41) is 2.07. The van der Waals surface area contributed by atoms with Crippen LogP contribution in [0.3, 0.4) is 0 Å². The summed E-state index contributed by atoms with van der Waals surface area (Å²) < 4.78 is 38.8. The summed E-state index contributed by atoms with van der Waals surface area (Å²) >= 11 is 0. The van der Waals surface area contributed by atoms with Crippen molar-refractivity contribution in [3.63, 3.8) is 0 Å². The number of fused-ring (bicyclic) bond motifs is 12. The number of benzene rings is 11. The third kappa shape index (κ3) is 4.61. The van der Waals surface area contributed by atoms with Crippen LogP contribution in [0.5, 0.6) is 34.5 Å². The van der Waals surface area contributed by atoms with E-state index in [2.05, 4.69) is 222 Å². The van der Waals surface area contributed by atoms with Gasteiger partial charge in [0.25, 0.3) is 0 Å². The summed E-state index contributed by atoms with van der Waals surface area (Å²) in [6.07, 6.45) is 0. The molecule has 11 aromatic rings. The molecule has 0 amide bonds. The van der Waals surface area contributed by atoms with E-state index in [0.29, 0.717) is 33.6 Å². The van der Waals surface area contributed by atoms with E-state index in [1.807, 2.05) is 24.3 Å². The van der Waals surface area contributed by atoms with Gasteiger partial charge in [0.1, 0.15) is 22.9 Å². The maximum atomic E-state index is 17.5. The molecule has 0 saturated carbocycles. The molecule has 0 bridgehead atoms. The minimum atomic E-state index is -3.73. The predicted octanol–water partition coefficient (Wildman–Crippen LogP) is 15.9. The number of rotatable bonds is 4. The van der Waals surface area contributed by atoms with E-state index in [4.69, 9.17) is 14.2 Å². The quantitative estimate of drug-likeness (QED) is 0.164. The van der Waals surface area contributed by atoms with Crippen LogP contribution < -0.4 is 39.9 Å². The van der Waals surface area contributed by atoms with Gasteiger partial charge in [0.05, 0.1) is 49.5 Å². The molecule has 5 heterocycles. The molecule has 2 aliphatic carbocycles. The van der Waals surface area contributed by atoms with Gasteiger partial charge in [-0.2, -0.15) is 0 Å². The van der Waals surface area contributed by atoms with Crippen LogP contribution in [0.15, 0.2) is 237 Å². The first-order valence-electron chi connectivity index (χ1n) is 25.6. The topological polar surface area (TPSA) is 51.2 Å². The van der Waals surface area contributed by atoms with Gasteiger partial charge in [-0.05, 0) is 127 Å². The van der Waals surface area contributed by atoms with E-state index in [-0.39, 0.29) is 0 Å². The van der Waals surface area contributed by atoms with E-state index >= 15 is 4.57 Å². The summed E-state index contributed by atoms with van der Waals surface area (Å²) in [6, 6.07) is 84.6. The maximum Gasteiger partial charge on any atom is 0.186 e. The SMILES string of the molecule is O=P12c3c4cccc3N3c5cc6c(cc5Oc5ccc(c1c53)Oc1ccc3c(c12)N4c1cc2c(cc1O3)-c1ccccc1C2(c1ccccc1)c1ccccc1)-c1ccccc1C6(c1ccccc1)c1ccccc1. The highest BCUT2D eigenvalue weighted by molar-refractivity contribution is 7.87.